The van der Waals surface area contributed by atoms with E-state index in [-0.39, 0.29) is 12.1 Å². The van der Waals surface area contributed by atoms with Crippen molar-refractivity contribution in [1.82, 2.24) is 8.61 Å². The Morgan fingerprint density at radius 2 is 2.05 bits per heavy atom. The molecule has 2 rings (SSSR count). The summed E-state index contributed by atoms with van der Waals surface area (Å²) in [5.41, 5.74) is 5.73. The Bertz CT molecular complexity index is 384. The number of ether oxygens (including phenoxy) is 1. The van der Waals surface area contributed by atoms with Gasteiger partial charge in [0.25, 0.3) is 10.2 Å². The molecule has 7 heteroatoms. The predicted octanol–water partition coefficient (Wildman–Crippen LogP) is 0.155. The molecular weight excluding hydrogens is 266 g/mol. The first-order chi connectivity index (χ1) is 9.11. The van der Waals surface area contributed by atoms with Crippen LogP contribution in [0.2, 0.25) is 0 Å². The van der Waals surface area contributed by atoms with Crippen molar-refractivity contribution in [2.75, 3.05) is 33.4 Å². The molecule has 1 unspecified atom stereocenters. The molecule has 0 radical (unpaired) electrons. The van der Waals surface area contributed by atoms with Gasteiger partial charge >= 0.3 is 0 Å². The van der Waals surface area contributed by atoms with E-state index in [1.165, 1.54) is 0 Å². The van der Waals surface area contributed by atoms with Crippen molar-refractivity contribution >= 4 is 10.2 Å². The second-order valence-corrected chi connectivity index (χ2v) is 7.17. The van der Waals surface area contributed by atoms with Crippen LogP contribution in [0.3, 0.4) is 0 Å². The molecule has 0 aromatic rings. The van der Waals surface area contributed by atoms with Crippen LogP contribution in [0.25, 0.3) is 0 Å². The maximum absolute atomic E-state index is 12.8. The van der Waals surface area contributed by atoms with Gasteiger partial charge in [-0.2, -0.15) is 17.0 Å². The number of hydrogen-bond acceptors (Lipinski definition) is 4. The first-order valence-electron chi connectivity index (χ1n) is 7.09. The van der Waals surface area contributed by atoms with Crippen LogP contribution in [0, 0.1) is 0 Å². The molecule has 6 nitrogen and oxygen atoms in total. The lowest BCUT2D eigenvalue weighted by atomic mass is 10.1. The molecule has 112 valence electrons. The average molecular weight is 291 g/mol. The highest BCUT2D eigenvalue weighted by Gasteiger charge is 2.42. The van der Waals surface area contributed by atoms with Crippen LogP contribution in [0.1, 0.15) is 32.1 Å². The minimum atomic E-state index is -3.39. The van der Waals surface area contributed by atoms with Gasteiger partial charge in [-0.25, -0.2) is 0 Å². The Hall–Kier alpha value is -0.210. The van der Waals surface area contributed by atoms with Crippen molar-refractivity contribution in [3.63, 3.8) is 0 Å². The Morgan fingerprint density at radius 3 is 2.63 bits per heavy atom. The third-order valence-corrected chi connectivity index (χ3v) is 6.05. The van der Waals surface area contributed by atoms with Gasteiger partial charge in [-0.15, -0.1) is 0 Å². The normalized spacial score (nSPS) is 25.9. The summed E-state index contributed by atoms with van der Waals surface area (Å²) in [5.74, 6) is 0. The Kier molecular flexibility index (Phi) is 5.19. The molecule has 0 aromatic carbocycles. The number of piperidine rings is 1. The molecule has 1 saturated carbocycles. The van der Waals surface area contributed by atoms with Gasteiger partial charge in [0, 0.05) is 38.8 Å². The number of methoxy groups -OCH3 is 1. The number of nitrogens with two attached hydrogens (primary N) is 1. The van der Waals surface area contributed by atoms with E-state index in [1.807, 2.05) is 0 Å². The van der Waals surface area contributed by atoms with Crippen LogP contribution < -0.4 is 5.73 Å². The van der Waals surface area contributed by atoms with Gasteiger partial charge in [0.1, 0.15) is 0 Å². The van der Waals surface area contributed by atoms with Gasteiger partial charge in [-0.1, -0.05) is 6.42 Å². The zero-order valence-electron chi connectivity index (χ0n) is 11.6. The van der Waals surface area contributed by atoms with E-state index in [2.05, 4.69) is 0 Å². The Morgan fingerprint density at radius 1 is 1.32 bits per heavy atom. The molecule has 0 amide bonds. The lowest BCUT2D eigenvalue weighted by Crippen LogP contribution is -2.54. The third kappa shape index (κ3) is 3.46. The minimum Gasteiger partial charge on any atom is -0.383 e. The number of hydrogen-bond donors (Lipinski definition) is 1. The molecule has 2 N–H and O–H groups in total. The summed E-state index contributed by atoms with van der Waals surface area (Å²) < 4.78 is 33.8. The topological polar surface area (TPSA) is 75.9 Å². The molecule has 19 heavy (non-hydrogen) atoms. The summed E-state index contributed by atoms with van der Waals surface area (Å²) in [5, 5.41) is 0. The van der Waals surface area contributed by atoms with E-state index in [4.69, 9.17) is 10.5 Å². The quantitative estimate of drug-likeness (QED) is 0.725. The van der Waals surface area contributed by atoms with Crippen molar-refractivity contribution in [2.24, 2.45) is 5.73 Å². The second-order valence-electron chi connectivity index (χ2n) is 5.34. The van der Waals surface area contributed by atoms with E-state index in [1.54, 1.807) is 15.7 Å². The molecule has 1 aliphatic carbocycles. The Labute approximate surface area is 116 Å². The van der Waals surface area contributed by atoms with Crippen LogP contribution >= 0.6 is 0 Å². The van der Waals surface area contributed by atoms with E-state index in [9.17, 15) is 8.42 Å². The molecule has 0 aromatic heterocycles. The number of rotatable bonds is 7. The standard InChI is InChI=1S/C12H25N3O3S/c1-18-9-8-15(11-5-6-11)19(16,17)14-7-3-2-4-12(14)10-13/h11-12H,2-10,13H2,1H3. The molecule has 2 aliphatic rings. The van der Waals surface area contributed by atoms with Crippen LogP contribution in [-0.2, 0) is 14.9 Å². The van der Waals surface area contributed by atoms with E-state index >= 15 is 0 Å². The highest BCUT2D eigenvalue weighted by Crippen LogP contribution is 2.32. The maximum atomic E-state index is 12.8. The summed E-state index contributed by atoms with van der Waals surface area (Å²) >= 11 is 0. The summed E-state index contributed by atoms with van der Waals surface area (Å²) in [6, 6.07) is 0.128. The minimum absolute atomic E-state index is 0.0393. The average Bonchev–Trinajstić information content (AvgIpc) is 3.23. The molecule has 1 saturated heterocycles. The molecule has 1 atom stereocenters. The van der Waals surface area contributed by atoms with E-state index < -0.39 is 10.2 Å². The lowest BCUT2D eigenvalue weighted by Gasteiger charge is -2.37. The Balaban J connectivity index is 2.12. The molecule has 2 fully saturated rings. The van der Waals surface area contributed by atoms with Gasteiger partial charge < -0.3 is 10.5 Å². The smallest absolute Gasteiger partial charge is 0.282 e. The highest BCUT2D eigenvalue weighted by molar-refractivity contribution is 7.86. The van der Waals surface area contributed by atoms with Crippen LogP contribution in [-0.4, -0.2) is 62.5 Å². The van der Waals surface area contributed by atoms with Crippen LogP contribution in [0.4, 0.5) is 0 Å². The molecule has 1 heterocycles. The van der Waals surface area contributed by atoms with Crippen molar-refractivity contribution in [2.45, 2.75) is 44.2 Å². The van der Waals surface area contributed by atoms with E-state index in [0.717, 1.165) is 32.1 Å². The predicted molar refractivity (Wildman–Crippen MR) is 73.9 cm³/mol. The monoisotopic (exact) mass is 291 g/mol. The summed E-state index contributed by atoms with van der Waals surface area (Å²) in [6.45, 7) is 1.89. The zero-order valence-corrected chi connectivity index (χ0v) is 12.4. The molecule has 0 bridgehead atoms. The second kappa shape index (κ2) is 6.49. The van der Waals surface area contributed by atoms with Crippen molar-refractivity contribution in [3.8, 4) is 0 Å². The van der Waals surface area contributed by atoms with E-state index in [0.29, 0.717) is 26.2 Å². The summed E-state index contributed by atoms with van der Waals surface area (Å²) in [6.07, 6.45) is 4.79. The molecular formula is C12H25N3O3S. The van der Waals surface area contributed by atoms with Gasteiger partial charge in [0.2, 0.25) is 0 Å². The summed E-state index contributed by atoms with van der Waals surface area (Å²) in [4.78, 5) is 0. The largest absolute Gasteiger partial charge is 0.383 e. The lowest BCUT2D eigenvalue weighted by molar-refractivity contribution is 0.168. The number of nitrogens with zero attached hydrogens (tertiary/aromatic N) is 2. The maximum Gasteiger partial charge on any atom is 0.282 e. The van der Waals surface area contributed by atoms with Crippen LogP contribution in [0.5, 0.6) is 0 Å². The SMILES string of the molecule is COCCN(C1CC1)S(=O)(=O)N1CCCCC1CN. The highest BCUT2D eigenvalue weighted by atomic mass is 32.2. The fraction of sp³-hybridized carbons (Fsp3) is 1.00. The van der Waals surface area contributed by atoms with Crippen molar-refractivity contribution < 1.29 is 13.2 Å². The van der Waals surface area contributed by atoms with Crippen molar-refractivity contribution in [3.05, 3.63) is 0 Å². The molecule has 1 aliphatic heterocycles. The van der Waals surface area contributed by atoms with Gasteiger partial charge in [-0.05, 0) is 25.7 Å². The van der Waals surface area contributed by atoms with Gasteiger partial charge in [0.15, 0.2) is 0 Å². The first-order valence-corrected chi connectivity index (χ1v) is 8.48. The fourth-order valence-corrected chi connectivity index (χ4v) is 4.77. The fourth-order valence-electron chi connectivity index (χ4n) is 2.68. The van der Waals surface area contributed by atoms with Crippen LogP contribution in [0.15, 0.2) is 0 Å². The third-order valence-electron chi connectivity index (χ3n) is 3.91. The summed E-state index contributed by atoms with van der Waals surface area (Å²) in [7, 11) is -1.79. The van der Waals surface area contributed by atoms with Crippen molar-refractivity contribution in [1.29, 1.82) is 0 Å². The first kappa shape index (κ1) is 15.2. The van der Waals surface area contributed by atoms with Gasteiger partial charge in [0.05, 0.1) is 6.61 Å². The molecule has 0 spiro atoms. The van der Waals surface area contributed by atoms with Gasteiger partial charge in [-0.3, -0.25) is 0 Å². The zero-order chi connectivity index (χ0) is 13.9.